The first-order valence-electron chi connectivity index (χ1n) is 8.31. The van der Waals surface area contributed by atoms with Gasteiger partial charge in [0.25, 0.3) is 0 Å². The maximum atomic E-state index is 6.38. The fraction of sp³-hybridized carbons (Fsp3) is 0.211. The predicted octanol–water partition coefficient (Wildman–Crippen LogP) is 3.52. The number of guanidine groups is 1. The van der Waals surface area contributed by atoms with Crippen LogP contribution in [0.25, 0.3) is 16.6 Å². The molecule has 0 aromatic carbocycles. The first-order chi connectivity index (χ1) is 12.5. The van der Waals surface area contributed by atoms with Crippen LogP contribution in [0.3, 0.4) is 0 Å². The Morgan fingerprint density at radius 1 is 1.27 bits per heavy atom. The fourth-order valence-corrected chi connectivity index (χ4v) is 3.58. The number of aliphatic imine (C=N–C) groups is 1. The van der Waals surface area contributed by atoms with Crippen molar-refractivity contribution in [2.75, 3.05) is 6.54 Å². The lowest BCUT2D eigenvalue weighted by Crippen LogP contribution is -2.51. The van der Waals surface area contributed by atoms with Crippen LogP contribution in [0.1, 0.15) is 25.1 Å². The van der Waals surface area contributed by atoms with Gasteiger partial charge in [0.2, 0.25) is 0 Å². The second-order valence-corrected chi connectivity index (χ2v) is 7.16. The van der Waals surface area contributed by atoms with Gasteiger partial charge in [-0.15, -0.1) is 0 Å². The molecular formula is C19H19ClN6. The molecule has 0 fully saturated rings. The highest BCUT2D eigenvalue weighted by atomic mass is 35.5. The first kappa shape index (κ1) is 16.6. The Labute approximate surface area is 156 Å². The number of aromatic nitrogens is 3. The van der Waals surface area contributed by atoms with Gasteiger partial charge in [-0.05, 0) is 43.7 Å². The van der Waals surface area contributed by atoms with E-state index in [1.165, 1.54) is 0 Å². The quantitative estimate of drug-likeness (QED) is 0.742. The highest BCUT2D eigenvalue weighted by Gasteiger charge is 2.35. The van der Waals surface area contributed by atoms with Crippen molar-refractivity contribution in [3.05, 3.63) is 65.3 Å². The van der Waals surface area contributed by atoms with E-state index in [2.05, 4.69) is 26.0 Å². The van der Waals surface area contributed by atoms with Crippen molar-refractivity contribution in [1.29, 1.82) is 0 Å². The number of rotatable bonds is 3. The molecule has 3 aromatic rings. The van der Waals surface area contributed by atoms with Crippen LogP contribution >= 0.6 is 11.6 Å². The van der Waals surface area contributed by atoms with Gasteiger partial charge < -0.3 is 15.6 Å². The van der Waals surface area contributed by atoms with Crippen LogP contribution in [0, 0.1) is 0 Å². The van der Waals surface area contributed by atoms with Gasteiger partial charge in [0.05, 0.1) is 27.3 Å². The zero-order valence-corrected chi connectivity index (χ0v) is 15.3. The third kappa shape index (κ3) is 2.72. The monoisotopic (exact) mass is 366 g/mol. The van der Waals surface area contributed by atoms with Crippen LogP contribution in [0.4, 0.5) is 0 Å². The summed E-state index contributed by atoms with van der Waals surface area (Å²) in [6.07, 6.45) is 7.27. The Hall–Kier alpha value is -2.86. The standard InChI is InChI=1S/C19H19ClN6/c1-19(2,17-14(20)4-3-6-23-17)26-11-13(10-25-18(26)21)12-8-16-15(24-9-12)5-7-22-16/h3-10,22H,11H2,1-2H3,(H2,21,25). The number of H-pyrrole nitrogens is 1. The molecule has 0 saturated carbocycles. The molecule has 0 spiro atoms. The third-order valence-electron chi connectivity index (χ3n) is 4.74. The van der Waals surface area contributed by atoms with Crippen molar-refractivity contribution in [2.24, 2.45) is 10.7 Å². The lowest BCUT2D eigenvalue weighted by molar-refractivity contribution is 0.228. The van der Waals surface area contributed by atoms with Crippen LogP contribution < -0.4 is 5.73 Å². The van der Waals surface area contributed by atoms with Gasteiger partial charge in [0.15, 0.2) is 5.96 Å². The molecule has 1 aliphatic heterocycles. The lowest BCUT2D eigenvalue weighted by Gasteiger charge is -2.41. The van der Waals surface area contributed by atoms with E-state index in [-0.39, 0.29) is 0 Å². The molecule has 4 heterocycles. The molecule has 6 nitrogen and oxygen atoms in total. The summed E-state index contributed by atoms with van der Waals surface area (Å²) in [5.41, 5.74) is 10.4. The average Bonchev–Trinajstić information content (AvgIpc) is 3.10. The van der Waals surface area contributed by atoms with Crippen LogP contribution in [-0.4, -0.2) is 32.4 Å². The van der Waals surface area contributed by atoms with Gasteiger partial charge in [-0.2, -0.15) is 0 Å². The minimum Gasteiger partial charge on any atom is -0.369 e. The van der Waals surface area contributed by atoms with Gasteiger partial charge in [-0.3, -0.25) is 9.97 Å². The predicted molar refractivity (Wildman–Crippen MR) is 105 cm³/mol. The van der Waals surface area contributed by atoms with Crippen LogP contribution in [-0.2, 0) is 5.54 Å². The Kier molecular flexibility index (Phi) is 3.92. The van der Waals surface area contributed by atoms with Crippen molar-refractivity contribution in [2.45, 2.75) is 19.4 Å². The molecule has 132 valence electrons. The summed E-state index contributed by atoms with van der Waals surface area (Å²) in [5, 5.41) is 0.607. The maximum absolute atomic E-state index is 6.38. The summed E-state index contributed by atoms with van der Waals surface area (Å²) in [6.45, 7) is 4.67. The zero-order chi connectivity index (χ0) is 18.3. The summed E-state index contributed by atoms with van der Waals surface area (Å²) < 4.78 is 0. The van der Waals surface area contributed by atoms with Crippen LogP contribution in [0.2, 0.25) is 5.02 Å². The molecule has 1 aliphatic rings. The van der Waals surface area contributed by atoms with E-state index in [1.807, 2.05) is 49.3 Å². The largest absolute Gasteiger partial charge is 0.369 e. The SMILES string of the molecule is CC(C)(c1ncccc1Cl)N1CC(c2cnc3cc[nH]c3c2)=CN=C1N. The van der Waals surface area contributed by atoms with Crippen molar-refractivity contribution >= 4 is 34.2 Å². The molecule has 0 aliphatic carbocycles. The molecule has 0 bridgehead atoms. The number of nitrogens with zero attached hydrogens (tertiary/aromatic N) is 4. The second kappa shape index (κ2) is 6.14. The average molecular weight is 367 g/mol. The van der Waals surface area contributed by atoms with E-state index in [0.29, 0.717) is 17.5 Å². The summed E-state index contributed by atoms with van der Waals surface area (Å²) in [7, 11) is 0. The Balaban J connectivity index is 1.70. The Morgan fingerprint density at radius 2 is 2.12 bits per heavy atom. The second-order valence-electron chi connectivity index (χ2n) is 6.76. The normalized spacial score (nSPS) is 15.1. The van der Waals surface area contributed by atoms with E-state index in [4.69, 9.17) is 17.3 Å². The summed E-state index contributed by atoms with van der Waals surface area (Å²) in [5.74, 6) is 0.439. The number of hydrogen-bond donors (Lipinski definition) is 2. The molecule has 4 rings (SSSR count). The van der Waals surface area contributed by atoms with E-state index in [0.717, 1.165) is 27.9 Å². The topological polar surface area (TPSA) is 83.2 Å². The van der Waals surface area contributed by atoms with E-state index < -0.39 is 5.54 Å². The molecule has 0 atom stereocenters. The number of nitrogens with one attached hydrogen (secondary N) is 1. The van der Waals surface area contributed by atoms with Crippen molar-refractivity contribution in [3.8, 4) is 0 Å². The number of nitrogens with two attached hydrogens (primary N) is 1. The summed E-state index contributed by atoms with van der Waals surface area (Å²) >= 11 is 6.38. The van der Waals surface area contributed by atoms with E-state index >= 15 is 0 Å². The van der Waals surface area contributed by atoms with Gasteiger partial charge in [0, 0.05) is 36.9 Å². The number of aromatic amines is 1. The zero-order valence-electron chi connectivity index (χ0n) is 14.6. The van der Waals surface area contributed by atoms with Gasteiger partial charge in [-0.25, -0.2) is 4.99 Å². The molecule has 7 heteroatoms. The molecule has 0 unspecified atom stereocenters. The van der Waals surface area contributed by atoms with Gasteiger partial charge in [-0.1, -0.05) is 11.6 Å². The van der Waals surface area contributed by atoms with Gasteiger partial charge in [0.1, 0.15) is 0 Å². The number of pyridine rings is 2. The van der Waals surface area contributed by atoms with E-state index in [9.17, 15) is 0 Å². The lowest BCUT2D eigenvalue weighted by atomic mass is 9.95. The molecule has 3 aromatic heterocycles. The van der Waals surface area contributed by atoms with Crippen molar-refractivity contribution in [1.82, 2.24) is 19.9 Å². The smallest absolute Gasteiger partial charge is 0.196 e. The number of hydrogen-bond acceptors (Lipinski definition) is 5. The highest BCUT2D eigenvalue weighted by Crippen LogP contribution is 2.34. The van der Waals surface area contributed by atoms with Gasteiger partial charge >= 0.3 is 0 Å². The maximum Gasteiger partial charge on any atom is 0.196 e. The highest BCUT2D eigenvalue weighted by molar-refractivity contribution is 6.31. The van der Waals surface area contributed by atoms with Crippen LogP contribution in [0.5, 0.6) is 0 Å². The number of fused-ring (bicyclic) bond motifs is 1. The van der Waals surface area contributed by atoms with Crippen molar-refractivity contribution in [3.63, 3.8) is 0 Å². The van der Waals surface area contributed by atoms with E-state index in [1.54, 1.807) is 12.4 Å². The third-order valence-corrected chi connectivity index (χ3v) is 5.04. The molecule has 3 N–H and O–H groups in total. The Bertz CT molecular complexity index is 1030. The first-order valence-corrected chi connectivity index (χ1v) is 8.69. The molecule has 0 saturated heterocycles. The molecular weight excluding hydrogens is 348 g/mol. The van der Waals surface area contributed by atoms with Crippen LogP contribution in [0.15, 0.2) is 54.0 Å². The number of halogens is 1. The minimum atomic E-state index is -0.518. The minimum absolute atomic E-state index is 0.439. The fourth-order valence-electron chi connectivity index (χ4n) is 3.23. The molecule has 0 amide bonds. The molecule has 26 heavy (non-hydrogen) atoms. The summed E-state index contributed by atoms with van der Waals surface area (Å²) in [6, 6.07) is 7.67. The summed E-state index contributed by atoms with van der Waals surface area (Å²) in [4.78, 5) is 18.6. The van der Waals surface area contributed by atoms with Crippen molar-refractivity contribution < 1.29 is 0 Å². The molecule has 0 radical (unpaired) electrons. The Morgan fingerprint density at radius 3 is 2.92 bits per heavy atom.